The van der Waals surface area contributed by atoms with E-state index < -0.39 is 8.38 Å². The normalized spacial score (nSPS) is 11.5. The van der Waals surface area contributed by atoms with Gasteiger partial charge in [0.15, 0.2) is 0 Å². The van der Waals surface area contributed by atoms with Gasteiger partial charge >= 0.3 is 0 Å². The molecule has 0 saturated carbocycles. The predicted octanol–water partition coefficient (Wildman–Crippen LogP) is 1.95. The van der Waals surface area contributed by atoms with Crippen LogP contribution in [0.15, 0.2) is 0 Å². The van der Waals surface area contributed by atoms with Crippen LogP contribution in [0.25, 0.3) is 0 Å². The lowest BCUT2D eigenvalue weighted by Crippen LogP contribution is -2.13. The minimum Gasteiger partial charge on any atom is -0.348 e. The van der Waals surface area contributed by atoms with Crippen molar-refractivity contribution >= 4 is 8.38 Å². The summed E-state index contributed by atoms with van der Waals surface area (Å²) in [5, 5.41) is 0. The van der Waals surface area contributed by atoms with Crippen molar-refractivity contribution in [3.05, 3.63) is 0 Å². The third-order valence-electron chi connectivity index (χ3n) is 1.09. The minimum absolute atomic E-state index is 0.389. The first-order chi connectivity index (χ1) is 5.79. The lowest BCUT2D eigenvalue weighted by atomic mass is 10.9. The molecular formula is C7H17O4P. The van der Waals surface area contributed by atoms with Crippen molar-refractivity contribution in [3.63, 3.8) is 0 Å². The Bertz CT molecular complexity index is 91.4. The molecular weight excluding hydrogens is 179 g/mol. The quantitative estimate of drug-likeness (QED) is 0.460. The molecule has 12 heavy (non-hydrogen) atoms. The van der Waals surface area contributed by atoms with E-state index in [9.17, 15) is 0 Å². The molecule has 5 heteroatoms. The molecule has 0 atom stereocenters. The van der Waals surface area contributed by atoms with E-state index in [2.05, 4.69) is 0 Å². The first-order valence-electron chi connectivity index (χ1n) is 3.90. The molecule has 0 aromatic carbocycles. The summed E-state index contributed by atoms with van der Waals surface area (Å²) < 4.78 is 20.7. The zero-order valence-electron chi connectivity index (χ0n) is 8.07. The molecule has 4 nitrogen and oxygen atoms in total. The third kappa shape index (κ3) is 4.33. The van der Waals surface area contributed by atoms with Gasteiger partial charge in [-0.05, 0) is 13.8 Å². The molecule has 0 aromatic heterocycles. The van der Waals surface area contributed by atoms with Gasteiger partial charge in [0.05, 0.1) is 13.2 Å². The van der Waals surface area contributed by atoms with Crippen molar-refractivity contribution < 1.29 is 18.5 Å². The first kappa shape index (κ1) is 12.3. The molecule has 0 aromatic rings. The van der Waals surface area contributed by atoms with Crippen molar-refractivity contribution in [3.8, 4) is 0 Å². The molecule has 0 amide bonds. The van der Waals surface area contributed by atoms with Crippen LogP contribution >= 0.6 is 8.38 Å². The fourth-order valence-corrected chi connectivity index (χ4v) is 1.85. The largest absolute Gasteiger partial charge is 0.348 e. The highest BCUT2D eigenvalue weighted by atomic mass is 31.2. The maximum atomic E-state index is 5.32. The Hall–Kier alpha value is 0.270. The second-order valence-electron chi connectivity index (χ2n) is 1.90. The summed E-state index contributed by atoms with van der Waals surface area (Å²) in [6.45, 7) is 5.04. The predicted molar refractivity (Wildman–Crippen MR) is 48.0 cm³/mol. The van der Waals surface area contributed by atoms with Gasteiger partial charge in [-0.2, -0.15) is 0 Å². The maximum Gasteiger partial charge on any atom is 0.231 e. The van der Waals surface area contributed by atoms with Crippen LogP contribution in [0, 0.1) is 0 Å². The molecule has 74 valence electrons. The molecule has 0 fully saturated rings. The smallest absolute Gasteiger partial charge is 0.231 e. The number of hydrogen-bond donors (Lipinski definition) is 0. The molecule has 0 radical (unpaired) electrons. The second-order valence-corrected chi connectivity index (χ2v) is 3.41. The molecule has 0 rings (SSSR count). The van der Waals surface area contributed by atoms with Gasteiger partial charge < -0.3 is 18.5 Å². The van der Waals surface area contributed by atoms with Crippen LogP contribution in [0.5, 0.6) is 0 Å². The lowest BCUT2D eigenvalue weighted by molar-refractivity contribution is -0.0547. The standard InChI is InChI=1S/C7H17O4P/c1-5-10-12(11-6-2)7(8-3)9-4/h7H,5-6H2,1-4H3. The summed E-state index contributed by atoms with van der Waals surface area (Å²) in [5.41, 5.74) is 0. The number of methoxy groups -OCH3 is 2. The fourth-order valence-electron chi connectivity index (χ4n) is 0.682. The van der Waals surface area contributed by atoms with E-state index in [0.717, 1.165) is 0 Å². The van der Waals surface area contributed by atoms with E-state index in [1.165, 1.54) is 0 Å². The Morgan fingerprint density at radius 3 is 1.67 bits per heavy atom. The lowest BCUT2D eigenvalue weighted by Gasteiger charge is -2.22. The zero-order chi connectivity index (χ0) is 9.40. The van der Waals surface area contributed by atoms with E-state index >= 15 is 0 Å². The SMILES string of the molecule is CCOP(OCC)C(OC)OC. The van der Waals surface area contributed by atoms with Crippen LogP contribution < -0.4 is 0 Å². The van der Waals surface area contributed by atoms with Crippen LogP contribution in [0.1, 0.15) is 13.8 Å². The molecule has 0 unspecified atom stereocenters. The second kappa shape index (κ2) is 7.90. The number of rotatable bonds is 7. The molecule has 0 bridgehead atoms. The number of hydrogen-bond acceptors (Lipinski definition) is 4. The van der Waals surface area contributed by atoms with Gasteiger partial charge in [0.25, 0.3) is 0 Å². The molecule has 0 aliphatic carbocycles. The summed E-state index contributed by atoms with van der Waals surface area (Å²) in [7, 11) is 2.07. The molecule has 0 aliphatic rings. The third-order valence-corrected chi connectivity index (χ3v) is 2.88. The maximum absolute atomic E-state index is 5.32. The average Bonchev–Trinajstić information content (AvgIpc) is 2.07. The summed E-state index contributed by atoms with van der Waals surface area (Å²) >= 11 is 0. The molecule has 0 spiro atoms. The fraction of sp³-hybridized carbons (Fsp3) is 1.00. The van der Waals surface area contributed by atoms with E-state index in [4.69, 9.17) is 18.5 Å². The zero-order valence-corrected chi connectivity index (χ0v) is 8.97. The van der Waals surface area contributed by atoms with Crippen molar-refractivity contribution in [1.29, 1.82) is 0 Å². The Morgan fingerprint density at radius 1 is 1.00 bits per heavy atom. The van der Waals surface area contributed by atoms with E-state index in [1.807, 2.05) is 13.8 Å². The van der Waals surface area contributed by atoms with E-state index in [0.29, 0.717) is 13.2 Å². The topological polar surface area (TPSA) is 36.9 Å². The van der Waals surface area contributed by atoms with E-state index in [1.54, 1.807) is 14.2 Å². The van der Waals surface area contributed by atoms with E-state index in [-0.39, 0.29) is 6.03 Å². The van der Waals surface area contributed by atoms with Gasteiger partial charge in [-0.3, -0.25) is 0 Å². The summed E-state index contributed by atoms with van der Waals surface area (Å²) in [5.74, 6) is 0. The van der Waals surface area contributed by atoms with Crippen molar-refractivity contribution in [1.82, 2.24) is 0 Å². The van der Waals surface area contributed by atoms with Gasteiger partial charge in [-0.25, -0.2) is 0 Å². The summed E-state index contributed by atoms with van der Waals surface area (Å²) in [6.07, 6.45) is 0. The summed E-state index contributed by atoms with van der Waals surface area (Å²) in [6, 6.07) is -0.389. The minimum atomic E-state index is -1.07. The van der Waals surface area contributed by atoms with Crippen molar-refractivity contribution in [2.45, 2.75) is 19.9 Å². The average molecular weight is 196 g/mol. The monoisotopic (exact) mass is 196 g/mol. The summed E-state index contributed by atoms with van der Waals surface area (Å²) in [4.78, 5) is 0. The van der Waals surface area contributed by atoms with Gasteiger partial charge in [0, 0.05) is 14.2 Å². The Labute approximate surface area is 75.1 Å². The van der Waals surface area contributed by atoms with Gasteiger partial charge in [0.2, 0.25) is 14.4 Å². The van der Waals surface area contributed by atoms with Crippen LogP contribution in [0.2, 0.25) is 0 Å². The van der Waals surface area contributed by atoms with Crippen molar-refractivity contribution in [2.24, 2.45) is 0 Å². The van der Waals surface area contributed by atoms with Crippen LogP contribution in [-0.4, -0.2) is 33.5 Å². The van der Waals surface area contributed by atoms with Gasteiger partial charge in [-0.1, -0.05) is 0 Å². The Morgan fingerprint density at radius 2 is 1.42 bits per heavy atom. The van der Waals surface area contributed by atoms with Crippen LogP contribution in [0.4, 0.5) is 0 Å². The number of ether oxygens (including phenoxy) is 2. The van der Waals surface area contributed by atoms with Crippen LogP contribution in [-0.2, 0) is 18.5 Å². The highest BCUT2D eigenvalue weighted by Gasteiger charge is 2.22. The Kier molecular flexibility index (Phi) is 8.07. The highest BCUT2D eigenvalue weighted by molar-refractivity contribution is 7.47. The van der Waals surface area contributed by atoms with Gasteiger partial charge in [0.1, 0.15) is 0 Å². The van der Waals surface area contributed by atoms with Gasteiger partial charge in [-0.15, -0.1) is 0 Å². The van der Waals surface area contributed by atoms with Crippen LogP contribution in [0.3, 0.4) is 0 Å². The molecule has 0 aliphatic heterocycles. The first-order valence-corrected chi connectivity index (χ1v) is 5.15. The molecule has 0 N–H and O–H groups in total. The molecule has 0 saturated heterocycles. The molecule has 0 heterocycles. The van der Waals surface area contributed by atoms with Crippen molar-refractivity contribution in [2.75, 3.05) is 27.4 Å². The Balaban J connectivity index is 3.86. The highest BCUT2D eigenvalue weighted by Crippen LogP contribution is 2.44.